The van der Waals surface area contributed by atoms with E-state index in [2.05, 4.69) is 15.3 Å². The van der Waals surface area contributed by atoms with E-state index in [-0.39, 0.29) is 24.1 Å². The van der Waals surface area contributed by atoms with Crippen LogP contribution in [0.4, 0.5) is 4.79 Å². The lowest BCUT2D eigenvalue weighted by Crippen LogP contribution is -2.61. The molecule has 34 heavy (non-hydrogen) atoms. The van der Waals surface area contributed by atoms with E-state index < -0.39 is 28.2 Å². The van der Waals surface area contributed by atoms with Crippen LogP contribution in [0.3, 0.4) is 0 Å². The van der Waals surface area contributed by atoms with Gasteiger partial charge in [0.1, 0.15) is 6.61 Å². The molecule has 3 atom stereocenters. The van der Waals surface area contributed by atoms with Gasteiger partial charge < -0.3 is 10.1 Å². The molecular formula is C24H31N5O4S. The Balaban J connectivity index is 1.86. The predicted octanol–water partition coefficient (Wildman–Crippen LogP) is 4.92. The predicted molar refractivity (Wildman–Crippen MR) is 129 cm³/mol. The highest BCUT2D eigenvalue weighted by Gasteiger charge is 2.44. The largest absolute Gasteiger partial charge is 0.445 e. The van der Waals surface area contributed by atoms with Crippen molar-refractivity contribution in [1.29, 1.82) is 0 Å². The second-order valence-electron chi connectivity index (χ2n) is 8.46. The molecule has 2 aromatic rings. The van der Waals surface area contributed by atoms with Crippen LogP contribution in [0.2, 0.25) is 0 Å². The van der Waals surface area contributed by atoms with E-state index in [1.54, 1.807) is 24.3 Å². The van der Waals surface area contributed by atoms with Gasteiger partial charge in [0, 0.05) is 23.5 Å². The third-order valence-electron chi connectivity index (χ3n) is 6.03. The molecule has 0 unspecified atom stereocenters. The molecule has 1 N–H and O–H groups in total. The van der Waals surface area contributed by atoms with E-state index >= 15 is 0 Å². The second-order valence-corrected chi connectivity index (χ2v) is 10.3. The zero-order valence-electron chi connectivity index (χ0n) is 19.5. The van der Waals surface area contributed by atoms with Crippen molar-refractivity contribution in [3.8, 4) is 0 Å². The topological polar surface area (TPSA) is 124 Å². The first-order valence-corrected chi connectivity index (χ1v) is 12.9. The average molecular weight is 486 g/mol. The lowest BCUT2D eigenvalue weighted by Gasteiger charge is -2.45. The smallest absolute Gasteiger partial charge is 0.407 e. The van der Waals surface area contributed by atoms with Crippen molar-refractivity contribution in [3.05, 3.63) is 76.2 Å². The third kappa shape index (κ3) is 6.28. The maximum absolute atomic E-state index is 13.7. The minimum Gasteiger partial charge on any atom is -0.445 e. The summed E-state index contributed by atoms with van der Waals surface area (Å²) in [6.45, 7) is 3.91. The Morgan fingerprint density at radius 1 is 1.18 bits per heavy atom. The van der Waals surface area contributed by atoms with E-state index in [9.17, 15) is 13.2 Å². The number of piperidine rings is 1. The molecule has 2 aromatic carbocycles. The Morgan fingerprint density at radius 3 is 2.53 bits per heavy atom. The molecule has 1 aliphatic heterocycles. The molecule has 3 rings (SSSR count). The number of amides is 1. The van der Waals surface area contributed by atoms with Crippen molar-refractivity contribution >= 4 is 16.1 Å². The van der Waals surface area contributed by atoms with E-state index in [1.165, 1.54) is 4.31 Å². The molecule has 10 heteroatoms. The summed E-state index contributed by atoms with van der Waals surface area (Å²) in [4.78, 5) is 15.6. The fourth-order valence-corrected chi connectivity index (χ4v) is 6.26. The Morgan fingerprint density at radius 2 is 1.88 bits per heavy atom. The van der Waals surface area contributed by atoms with Crippen molar-refractivity contribution in [2.75, 3.05) is 6.54 Å². The molecule has 182 valence electrons. The standard InChI is InChI=1S/C24H31N5O4S/c1-3-7-20-12-15-22(27-24(30)33-17-19-8-5-4-6-9-19)23(16-26-28-25)29(20)34(31,32)21-13-10-18(2)11-14-21/h4-6,8-11,13-14,20,22-23H,3,7,12,15-17H2,1-2H3,(H,27,30)/t20-,22+,23+/m0/s1. The molecular weight excluding hydrogens is 454 g/mol. The quantitative estimate of drug-likeness (QED) is 0.307. The number of hydrogen-bond acceptors (Lipinski definition) is 5. The minimum absolute atomic E-state index is 0.0918. The van der Waals surface area contributed by atoms with E-state index in [1.807, 2.05) is 44.2 Å². The van der Waals surface area contributed by atoms with Gasteiger partial charge in [0.15, 0.2) is 0 Å². The van der Waals surface area contributed by atoms with Gasteiger partial charge in [-0.3, -0.25) is 0 Å². The molecule has 9 nitrogen and oxygen atoms in total. The monoisotopic (exact) mass is 485 g/mol. The lowest BCUT2D eigenvalue weighted by molar-refractivity contribution is 0.106. The first-order chi connectivity index (χ1) is 16.4. The molecule has 1 saturated heterocycles. The first kappa shape index (κ1) is 25.6. The molecule has 0 spiro atoms. The van der Waals surface area contributed by atoms with Crippen molar-refractivity contribution < 1.29 is 17.9 Å². The molecule has 1 fully saturated rings. The number of carbonyl (C=O) groups excluding carboxylic acids is 1. The molecule has 0 saturated carbocycles. The van der Waals surface area contributed by atoms with Crippen molar-refractivity contribution in [2.24, 2.45) is 5.11 Å². The molecule has 0 aromatic heterocycles. The molecule has 0 bridgehead atoms. The SMILES string of the molecule is CCC[C@H]1CC[C@@H](NC(=O)OCc2ccccc2)[C@@H](CN=[N+]=[N-])N1S(=O)(=O)c1ccc(C)cc1. The van der Waals surface area contributed by atoms with Crippen molar-refractivity contribution in [2.45, 2.75) is 69.2 Å². The first-order valence-electron chi connectivity index (χ1n) is 11.4. The summed E-state index contributed by atoms with van der Waals surface area (Å²) in [5.41, 5.74) is 10.8. The Bertz CT molecular complexity index is 1100. The zero-order valence-corrected chi connectivity index (χ0v) is 20.3. The summed E-state index contributed by atoms with van der Waals surface area (Å²) in [5, 5.41) is 6.52. The average Bonchev–Trinajstić information content (AvgIpc) is 2.83. The van der Waals surface area contributed by atoms with Crippen LogP contribution >= 0.6 is 0 Å². The summed E-state index contributed by atoms with van der Waals surface area (Å²) >= 11 is 0. The van der Waals surface area contributed by atoms with Gasteiger partial charge in [0.2, 0.25) is 10.0 Å². The summed E-state index contributed by atoms with van der Waals surface area (Å²) < 4.78 is 34.3. The Kier molecular flexibility index (Phi) is 8.92. The maximum atomic E-state index is 13.7. The van der Waals surface area contributed by atoms with Crippen LogP contribution in [0.25, 0.3) is 10.4 Å². The number of nitrogens with zero attached hydrogens (tertiary/aromatic N) is 4. The molecule has 0 aliphatic carbocycles. The van der Waals surface area contributed by atoms with E-state index in [0.29, 0.717) is 19.3 Å². The molecule has 1 heterocycles. The summed E-state index contributed by atoms with van der Waals surface area (Å²) in [6, 6.07) is 14.4. The van der Waals surface area contributed by atoms with Gasteiger partial charge in [-0.05, 0) is 49.4 Å². The number of carbonyl (C=O) groups is 1. The number of ether oxygens (including phenoxy) is 1. The Hall–Kier alpha value is -3.07. The number of aryl methyl sites for hydroxylation is 1. The van der Waals surface area contributed by atoms with Gasteiger partial charge in [0.25, 0.3) is 0 Å². The van der Waals surface area contributed by atoms with Crippen LogP contribution in [0.1, 0.15) is 43.7 Å². The summed E-state index contributed by atoms with van der Waals surface area (Å²) in [5.74, 6) is 0. The third-order valence-corrected chi connectivity index (χ3v) is 8.02. The molecule has 0 radical (unpaired) electrons. The van der Waals surface area contributed by atoms with E-state index in [0.717, 1.165) is 17.5 Å². The van der Waals surface area contributed by atoms with Crippen molar-refractivity contribution in [1.82, 2.24) is 9.62 Å². The number of hydrogen-bond donors (Lipinski definition) is 1. The number of sulfonamides is 1. The maximum Gasteiger partial charge on any atom is 0.407 e. The number of nitrogens with one attached hydrogen (secondary N) is 1. The van der Waals surface area contributed by atoms with Gasteiger partial charge in [-0.25, -0.2) is 13.2 Å². The van der Waals surface area contributed by atoms with Crippen LogP contribution in [-0.2, 0) is 21.4 Å². The highest BCUT2D eigenvalue weighted by Crippen LogP contribution is 2.33. The number of rotatable bonds is 9. The van der Waals surface area contributed by atoms with Gasteiger partial charge in [-0.1, -0.05) is 66.5 Å². The van der Waals surface area contributed by atoms with Gasteiger partial charge in [-0.2, -0.15) is 4.31 Å². The molecule has 1 amide bonds. The van der Waals surface area contributed by atoms with Gasteiger partial charge in [0.05, 0.1) is 10.9 Å². The normalized spacial score (nSPS) is 20.8. The summed E-state index contributed by atoms with van der Waals surface area (Å²) in [7, 11) is -3.90. The summed E-state index contributed by atoms with van der Waals surface area (Å²) in [6.07, 6.45) is 1.96. The number of azide groups is 1. The minimum atomic E-state index is -3.90. The zero-order chi connectivity index (χ0) is 24.6. The van der Waals surface area contributed by atoms with Gasteiger partial charge >= 0.3 is 6.09 Å². The van der Waals surface area contributed by atoms with Gasteiger partial charge in [-0.15, -0.1) is 0 Å². The van der Waals surface area contributed by atoms with Crippen LogP contribution in [-0.4, -0.2) is 43.5 Å². The molecule has 1 aliphatic rings. The highest BCUT2D eigenvalue weighted by atomic mass is 32.2. The number of alkyl carbamates (subject to hydrolysis) is 1. The Labute approximate surface area is 200 Å². The van der Waals surface area contributed by atoms with Crippen LogP contribution < -0.4 is 5.32 Å². The highest BCUT2D eigenvalue weighted by molar-refractivity contribution is 7.89. The number of benzene rings is 2. The fourth-order valence-electron chi connectivity index (χ4n) is 4.36. The van der Waals surface area contributed by atoms with E-state index in [4.69, 9.17) is 10.3 Å². The fraction of sp³-hybridized carbons (Fsp3) is 0.458. The van der Waals surface area contributed by atoms with Crippen LogP contribution in [0.15, 0.2) is 64.6 Å². The van der Waals surface area contributed by atoms with Crippen LogP contribution in [0.5, 0.6) is 0 Å². The van der Waals surface area contributed by atoms with Crippen molar-refractivity contribution in [3.63, 3.8) is 0 Å². The lowest BCUT2D eigenvalue weighted by atomic mass is 9.91. The van der Waals surface area contributed by atoms with Crippen LogP contribution in [0, 0.1) is 6.92 Å². The second kappa shape index (κ2) is 11.9.